The van der Waals surface area contributed by atoms with Gasteiger partial charge in [0.2, 0.25) is 0 Å². The van der Waals surface area contributed by atoms with Crippen molar-refractivity contribution in [3.8, 4) is 5.75 Å². The maximum atomic E-state index is 11.6. The van der Waals surface area contributed by atoms with Gasteiger partial charge in [-0.05, 0) is 37.0 Å². The molecule has 0 bridgehead atoms. The summed E-state index contributed by atoms with van der Waals surface area (Å²) in [4.78, 5) is 17.8. The van der Waals surface area contributed by atoms with E-state index in [2.05, 4.69) is 29.5 Å². The predicted octanol–water partition coefficient (Wildman–Crippen LogP) is 2.89. The van der Waals surface area contributed by atoms with Crippen LogP contribution in [-0.2, 0) is 16.1 Å². The minimum absolute atomic E-state index is 0. The lowest BCUT2D eigenvalue weighted by Crippen LogP contribution is -2.39. The van der Waals surface area contributed by atoms with Gasteiger partial charge in [0, 0.05) is 33.8 Å². The summed E-state index contributed by atoms with van der Waals surface area (Å²) in [5, 5.41) is 6.51. The first-order valence-corrected chi connectivity index (χ1v) is 9.94. The highest BCUT2D eigenvalue weighted by molar-refractivity contribution is 14.0. The number of nitrogens with zero attached hydrogens (tertiary/aromatic N) is 2. The van der Waals surface area contributed by atoms with Crippen molar-refractivity contribution in [1.29, 1.82) is 0 Å². The van der Waals surface area contributed by atoms with E-state index in [0.717, 1.165) is 31.1 Å². The molecular formula is C21H37IN4O3. The molecule has 0 fully saturated rings. The molecule has 0 unspecified atom stereocenters. The van der Waals surface area contributed by atoms with E-state index in [-0.39, 0.29) is 36.5 Å². The van der Waals surface area contributed by atoms with Crippen LogP contribution in [-0.4, -0.2) is 63.8 Å². The number of carbonyl (C=O) groups is 1. The third-order valence-electron chi connectivity index (χ3n) is 3.90. The maximum Gasteiger partial charge on any atom is 0.259 e. The van der Waals surface area contributed by atoms with Gasteiger partial charge in [0.1, 0.15) is 5.75 Å². The zero-order chi connectivity index (χ0) is 20.8. The smallest absolute Gasteiger partial charge is 0.259 e. The van der Waals surface area contributed by atoms with Crippen molar-refractivity contribution >= 4 is 35.8 Å². The monoisotopic (exact) mass is 520 g/mol. The SMILES string of the molecule is CCNC(=NCc1cccc(OCC(=O)N(C)C)c1)NCCOCCC(C)C.I. The highest BCUT2D eigenvalue weighted by Crippen LogP contribution is 2.14. The molecule has 0 atom stereocenters. The number of likely N-dealkylation sites (N-methyl/N-ethyl adjacent to an activating group) is 1. The Balaban J connectivity index is 0.00000784. The molecule has 0 spiro atoms. The van der Waals surface area contributed by atoms with Gasteiger partial charge in [0.05, 0.1) is 13.2 Å². The van der Waals surface area contributed by atoms with Gasteiger partial charge >= 0.3 is 0 Å². The molecule has 1 aromatic rings. The Kier molecular flexibility index (Phi) is 15.4. The Morgan fingerprint density at radius 3 is 2.62 bits per heavy atom. The standard InChI is InChI=1S/C21H36N4O3.HI/c1-6-22-21(23-11-13-27-12-10-17(2)3)24-15-18-8-7-9-19(14-18)28-16-20(26)25(4)5;/h7-9,14,17H,6,10-13,15-16H2,1-5H3,(H2,22,23,24);1H. The Labute approximate surface area is 192 Å². The van der Waals surface area contributed by atoms with Crippen molar-refractivity contribution in [2.75, 3.05) is 47.0 Å². The summed E-state index contributed by atoms with van der Waals surface area (Å²) in [5.41, 5.74) is 1.01. The molecule has 0 aromatic heterocycles. The summed E-state index contributed by atoms with van der Waals surface area (Å²) >= 11 is 0. The van der Waals surface area contributed by atoms with Crippen molar-refractivity contribution < 1.29 is 14.3 Å². The van der Waals surface area contributed by atoms with E-state index in [1.807, 2.05) is 31.2 Å². The summed E-state index contributed by atoms with van der Waals surface area (Å²) < 4.78 is 11.2. The maximum absolute atomic E-state index is 11.6. The van der Waals surface area contributed by atoms with Crippen LogP contribution >= 0.6 is 24.0 Å². The molecule has 8 heteroatoms. The molecule has 166 valence electrons. The molecule has 0 aliphatic heterocycles. The summed E-state index contributed by atoms with van der Waals surface area (Å²) in [6.45, 7) is 9.90. The first-order valence-electron chi connectivity index (χ1n) is 9.94. The summed E-state index contributed by atoms with van der Waals surface area (Å²) in [5.74, 6) is 2.01. The second-order valence-electron chi connectivity index (χ2n) is 7.14. The minimum atomic E-state index is -0.0716. The minimum Gasteiger partial charge on any atom is -0.484 e. The van der Waals surface area contributed by atoms with Crippen LogP contribution in [0.3, 0.4) is 0 Å². The summed E-state index contributed by atoms with van der Waals surface area (Å²) in [6.07, 6.45) is 1.08. The van der Waals surface area contributed by atoms with E-state index in [9.17, 15) is 4.79 Å². The number of ether oxygens (including phenoxy) is 2. The van der Waals surface area contributed by atoms with Crippen molar-refractivity contribution in [2.45, 2.75) is 33.7 Å². The fourth-order valence-electron chi connectivity index (χ4n) is 2.18. The van der Waals surface area contributed by atoms with E-state index in [4.69, 9.17) is 9.47 Å². The van der Waals surface area contributed by atoms with E-state index in [0.29, 0.717) is 31.4 Å². The van der Waals surface area contributed by atoms with Crippen LogP contribution in [0, 0.1) is 5.92 Å². The molecule has 0 aliphatic rings. The number of rotatable bonds is 12. The molecule has 1 rings (SSSR count). The number of hydrogen-bond acceptors (Lipinski definition) is 4. The highest BCUT2D eigenvalue weighted by Gasteiger charge is 2.05. The fourth-order valence-corrected chi connectivity index (χ4v) is 2.18. The normalized spacial score (nSPS) is 11.0. The Hall–Kier alpha value is -1.55. The van der Waals surface area contributed by atoms with Crippen LogP contribution in [0.2, 0.25) is 0 Å². The number of carbonyl (C=O) groups excluding carboxylic acids is 1. The quantitative estimate of drug-likeness (QED) is 0.192. The number of hydrogen-bond donors (Lipinski definition) is 2. The zero-order valence-electron chi connectivity index (χ0n) is 18.4. The molecule has 1 amide bonds. The van der Waals surface area contributed by atoms with Crippen LogP contribution in [0.4, 0.5) is 0 Å². The van der Waals surface area contributed by atoms with Crippen molar-refractivity contribution in [3.05, 3.63) is 29.8 Å². The third kappa shape index (κ3) is 13.3. The van der Waals surface area contributed by atoms with Gasteiger partial charge in [-0.25, -0.2) is 4.99 Å². The topological polar surface area (TPSA) is 75.2 Å². The molecule has 0 saturated heterocycles. The van der Waals surface area contributed by atoms with E-state index < -0.39 is 0 Å². The second kappa shape index (κ2) is 16.3. The number of aliphatic imine (C=N–C) groups is 1. The third-order valence-corrected chi connectivity index (χ3v) is 3.90. The van der Waals surface area contributed by atoms with Gasteiger partial charge in [0.25, 0.3) is 5.91 Å². The van der Waals surface area contributed by atoms with Gasteiger partial charge in [-0.15, -0.1) is 24.0 Å². The Bertz CT molecular complexity index is 609. The largest absolute Gasteiger partial charge is 0.484 e. The average Bonchev–Trinajstić information content (AvgIpc) is 2.66. The van der Waals surface area contributed by atoms with Crippen molar-refractivity contribution in [2.24, 2.45) is 10.9 Å². The zero-order valence-corrected chi connectivity index (χ0v) is 20.7. The Morgan fingerprint density at radius 1 is 1.21 bits per heavy atom. The lowest BCUT2D eigenvalue weighted by molar-refractivity contribution is -0.130. The van der Waals surface area contributed by atoms with E-state index in [1.165, 1.54) is 4.90 Å². The van der Waals surface area contributed by atoms with Crippen molar-refractivity contribution in [1.82, 2.24) is 15.5 Å². The lowest BCUT2D eigenvalue weighted by Gasteiger charge is -2.13. The number of halogens is 1. The number of amides is 1. The fraction of sp³-hybridized carbons (Fsp3) is 0.619. The molecule has 0 saturated carbocycles. The first-order chi connectivity index (χ1) is 13.4. The van der Waals surface area contributed by atoms with Crippen LogP contribution in [0.15, 0.2) is 29.3 Å². The molecule has 7 nitrogen and oxygen atoms in total. The van der Waals surface area contributed by atoms with Gasteiger partial charge in [-0.3, -0.25) is 4.79 Å². The van der Waals surface area contributed by atoms with Crippen molar-refractivity contribution in [3.63, 3.8) is 0 Å². The number of guanidine groups is 1. The van der Waals surface area contributed by atoms with Gasteiger partial charge in [-0.2, -0.15) is 0 Å². The first kappa shape index (κ1) is 27.5. The highest BCUT2D eigenvalue weighted by atomic mass is 127. The van der Waals surface area contributed by atoms with E-state index >= 15 is 0 Å². The Morgan fingerprint density at radius 2 is 1.97 bits per heavy atom. The molecular weight excluding hydrogens is 483 g/mol. The molecule has 29 heavy (non-hydrogen) atoms. The van der Waals surface area contributed by atoms with Gasteiger partial charge < -0.3 is 25.0 Å². The second-order valence-corrected chi connectivity index (χ2v) is 7.14. The molecule has 0 heterocycles. The number of nitrogens with one attached hydrogen (secondary N) is 2. The summed E-state index contributed by atoms with van der Waals surface area (Å²) in [7, 11) is 3.42. The van der Waals surface area contributed by atoms with Gasteiger partial charge in [0.15, 0.2) is 12.6 Å². The molecule has 0 radical (unpaired) electrons. The molecule has 0 aliphatic carbocycles. The predicted molar refractivity (Wildman–Crippen MR) is 129 cm³/mol. The molecule has 1 aromatic carbocycles. The summed E-state index contributed by atoms with van der Waals surface area (Å²) in [6, 6.07) is 7.64. The molecule has 2 N–H and O–H groups in total. The average molecular weight is 520 g/mol. The number of benzene rings is 1. The van der Waals surface area contributed by atoms with Gasteiger partial charge in [-0.1, -0.05) is 26.0 Å². The lowest BCUT2D eigenvalue weighted by atomic mass is 10.1. The van der Waals surface area contributed by atoms with Crippen LogP contribution in [0.1, 0.15) is 32.8 Å². The van der Waals surface area contributed by atoms with Crippen LogP contribution < -0.4 is 15.4 Å². The van der Waals surface area contributed by atoms with Crippen LogP contribution in [0.5, 0.6) is 5.75 Å². The van der Waals surface area contributed by atoms with E-state index in [1.54, 1.807) is 14.1 Å². The van der Waals surface area contributed by atoms with Crippen LogP contribution in [0.25, 0.3) is 0 Å².